The summed E-state index contributed by atoms with van der Waals surface area (Å²) < 4.78 is 11.4. The van der Waals surface area contributed by atoms with Gasteiger partial charge in [-0.3, -0.25) is 0 Å². The first-order valence-corrected chi connectivity index (χ1v) is 8.56. The minimum absolute atomic E-state index is 0.144. The van der Waals surface area contributed by atoms with Gasteiger partial charge in [0.15, 0.2) is 5.96 Å². The van der Waals surface area contributed by atoms with Gasteiger partial charge in [0, 0.05) is 5.69 Å². The van der Waals surface area contributed by atoms with E-state index in [9.17, 15) is 0 Å². The van der Waals surface area contributed by atoms with Crippen LogP contribution in [0.5, 0.6) is 11.5 Å². The van der Waals surface area contributed by atoms with Crippen molar-refractivity contribution in [3.05, 3.63) is 53.6 Å². The van der Waals surface area contributed by atoms with Crippen molar-refractivity contribution in [1.82, 2.24) is 0 Å². The van der Waals surface area contributed by atoms with Crippen molar-refractivity contribution in [3.63, 3.8) is 0 Å². The number of ether oxygens (including phenoxy) is 2. The number of hydrogen-bond acceptors (Lipinski definition) is 3. The lowest BCUT2D eigenvalue weighted by Gasteiger charge is -2.14. The van der Waals surface area contributed by atoms with Crippen LogP contribution < -0.4 is 20.5 Å². The van der Waals surface area contributed by atoms with Crippen LogP contribution in [-0.2, 0) is 0 Å². The molecule has 6 heteroatoms. The third-order valence-corrected chi connectivity index (χ3v) is 3.49. The summed E-state index contributed by atoms with van der Waals surface area (Å²) in [5.74, 6) is 1.78. The van der Waals surface area contributed by atoms with Gasteiger partial charge in [0.1, 0.15) is 17.6 Å². The van der Waals surface area contributed by atoms with E-state index >= 15 is 0 Å². The van der Waals surface area contributed by atoms with E-state index < -0.39 is 0 Å². The average Bonchev–Trinajstić information content (AvgIpc) is 2.56. The maximum absolute atomic E-state index is 6.07. The number of nitrogens with one attached hydrogen (secondary N) is 1. The summed E-state index contributed by atoms with van der Waals surface area (Å²) in [5.41, 5.74) is 6.77. The molecule has 134 valence electrons. The molecule has 1 atom stereocenters. The number of nitrogens with two attached hydrogens (primary N) is 1. The number of aliphatic imine (C=N–C) groups is 1. The van der Waals surface area contributed by atoms with E-state index in [4.69, 9.17) is 26.8 Å². The van der Waals surface area contributed by atoms with E-state index in [2.05, 4.69) is 10.3 Å². The summed E-state index contributed by atoms with van der Waals surface area (Å²) in [5, 5.41) is 3.62. The molecule has 0 aliphatic carbocycles. The first kappa shape index (κ1) is 18.9. The van der Waals surface area contributed by atoms with Crippen LogP contribution in [0.3, 0.4) is 0 Å². The number of nitrogens with zero attached hydrogens (tertiary/aromatic N) is 1. The monoisotopic (exact) mass is 361 g/mol. The minimum atomic E-state index is -0.151. The lowest BCUT2D eigenvalue weighted by atomic mass is 10.3. The zero-order valence-corrected chi connectivity index (χ0v) is 15.5. The molecule has 3 N–H and O–H groups in total. The number of guanidine groups is 1. The average molecular weight is 362 g/mol. The van der Waals surface area contributed by atoms with Gasteiger partial charge < -0.3 is 20.5 Å². The SMILES string of the molecule is CC(C)Oc1ccc(NC(N)=NCC(C)Oc2ccccc2Cl)cc1. The van der Waals surface area contributed by atoms with Gasteiger partial charge in [-0.05, 0) is 57.2 Å². The third-order valence-electron chi connectivity index (χ3n) is 3.18. The number of para-hydroxylation sites is 1. The Kier molecular flexibility index (Phi) is 6.95. The molecule has 0 saturated heterocycles. The molecule has 0 bridgehead atoms. The van der Waals surface area contributed by atoms with Gasteiger partial charge in [-0.15, -0.1) is 0 Å². The van der Waals surface area contributed by atoms with Gasteiger partial charge in [-0.2, -0.15) is 0 Å². The Bertz CT molecular complexity index is 702. The predicted molar refractivity (Wildman–Crippen MR) is 104 cm³/mol. The van der Waals surface area contributed by atoms with Crippen LogP contribution in [0.1, 0.15) is 20.8 Å². The zero-order chi connectivity index (χ0) is 18.2. The van der Waals surface area contributed by atoms with Gasteiger partial charge in [0.25, 0.3) is 0 Å². The van der Waals surface area contributed by atoms with Crippen molar-refractivity contribution >= 4 is 23.2 Å². The highest BCUT2D eigenvalue weighted by atomic mass is 35.5. The molecule has 0 aliphatic heterocycles. The van der Waals surface area contributed by atoms with Crippen molar-refractivity contribution in [2.45, 2.75) is 33.0 Å². The molecular weight excluding hydrogens is 338 g/mol. The second-order valence-corrected chi connectivity index (χ2v) is 6.31. The molecule has 2 aromatic rings. The van der Waals surface area contributed by atoms with Gasteiger partial charge in [-0.1, -0.05) is 23.7 Å². The van der Waals surface area contributed by atoms with Crippen molar-refractivity contribution < 1.29 is 9.47 Å². The van der Waals surface area contributed by atoms with Gasteiger partial charge >= 0.3 is 0 Å². The van der Waals surface area contributed by atoms with Crippen LogP contribution in [0.15, 0.2) is 53.5 Å². The number of hydrogen-bond donors (Lipinski definition) is 2. The first-order chi connectivity index (χ1) is 11.9. The molecule has 0 aliphatic rings. The molecule has 2 rings (SSSR count). The minimum Gasteiger partial charge on any atom is -0.491 e. The Morgan fingerprint density at radius 3 is 2.40 bits per heavy atom. The van der Waals surface area contributed by atoms with E-state index in [1.165, 1.54) is 0 Å². The van der Waals surface area contributed by atoms with Crippen LogP contribution >= 0.6 is 11.6 Å². The van der Waals surface area contributed by atoms with Crippen molar-refractivity contribution in [1.29, 1.82) is 0 Å². The summed E-state index contributed by atoms with van der Waals surface area (Å²) >= 11 is 6.07. The maximum atomic E-state index is 6.07. The molecule has 5 nitrogen and oxygen atoms in total. The Labute approximate surface area is 153 Å². The summed E-state index contributed by atoms with van der Waals surface area (Å²) in [6.45, 7) is 6.31. The quantitative estimate of drug-likeness (QED) is 0.569. The molecule has 0 heterocycles. The number of anilines is 1. The largest absolute Gasteiger partial charge is 0.491 e. The molecule has 0 spiro atoms. The Balaban J connectivity index is 1.85. The summed E-state index contributed by atoms with van der Waals surface area (Å²) in [6.07, 6.45) is -0.00730. The van der Waals surface area contributed by atoms with Crippen LogP contribution in [0.2, 0.25) is 5.02 Å². The Morgan fingerprint density at radius 2 is 1.76 bits per heavy atom. The normalized spacial score (nSPS) is 12.8. The standard InChI is InChI=1S/C19H24ClN3O2/c1-13(2)24-16-10-8-15(9-11-16)23-19(21)22-12-14(3)25-18-7-5-4-6-17(18)20/h4-11,13-14H,12H2,1-3H3,(H3,21,22,23). The molecule has 0 amide bonds. The Morgan fingerprint density at radius 1 is 1.08 bits per heavy atom. The number of rotatable bonds is 7. The zero-order valence-electron chi connectivity index (χ0n) is 14.7. The van der Waals surface area contributed by atoms with E-state index in [1.807, 2.05) is 63.2 Å². The van der Waals surface area contributed by atoms with Crippen LogP contribution in [0.4, 0.5) is 5.69 Å². The highest BCUT2D eigenvalue weighted by Gasteiger charge is 2.07. The van der Waals surface area contributed by atoms with Gasteiger partial charge in [0.05, 0.1) is 17.7 Å². The Hall–Kier alpha value is -2.40. The highest BCUT2D eigenvalue weighted by molar-refractivity contribution is 6.32. The fraction of sp³-hybridized carbons (Fsp3) is 0.316. The van der Waals surface area contributed by atoms with Crippen LogP contribution in [-0.4, -0.2) is 24.7 Å². The van der Waals surface area contributed by atoms with Crippen molar-refractivity contribution in [2.75, 3.05) is 11.9 Å². The first-order valence-electron chi connectivity index (χ1n) is 8.19. The maximum Gasteiger partial charge on any atom is 0.193 e. The third kappa shape index (κ3) is 6.55. The molecule has 25 heavy (non-hydrogen) atoms. The van der Waals surface area contributed by atoms with E-state index in [1.54, 1.807) is 6.07 Å². The van der Waals surface area contributed by atoms with E-state index in [0.29, 0.717) is 23.3 Å². The fourth-order valence-electron chi connectivity index (χ4n) is 2.10. The topological polar surface area (TPSA) is 68.9 Å². The smallest absolute Gasteiger partial charge is 0.193 e. The molecule has 0 aromatic heterocycles. The van der Waals surface area contributed by atoms with E-state index in [0.717, 1.165) is 11.4 Å². The summed E-state index contributed by atoms with van der Waals surface area (Å²) in [7, 11) is 0. The van der Waals surface area contributed by atoms with E-state index in [-0.39, 0.29) is 12.2 Å². The van der Waals surface area contributed by atoms with Crippen molar-refractivity contribution in [3.8, 4) is 11.5 Å². The molecule has 1 unspecified atom stereocenters. The predicted octanol–water partition coefficient (Wildman–Crippen LogP) is 4.32. The van der Waals surface area contributed by atoms with Crippen LogP contribution in [0.25, 0.3) is 0 Å². The number of benzene rings is 2. The van der Waals surface area contributed by atoms with Gasteiger partial charge in [0.2, 0.25) is 0 Å². The number of halogens is 1. The molecular formula is C19H24ClN3O2. The second-order valence-electron chi connectivity index (χ2n) is 5.90. The summed E-state index contributed by atoms with van der Waals surface area (Å²) in [6, 6.07) is 14.9. The fourth-order valence-corrected chi connectivity index (χ4v) is 2.28. The summed E-state index contributed by atoms with van der Waals surface area (Å²) in [4.78, 5) is 4.30. The lowest BCUT2D eigenvalue weighted by Crippen LogP contribution is -2.25. The second kappa shape index (κ2) is 9.18. The lowest BCUT2D eigenvalue weighted by molar-refractivity contribution is 0.230. The molecule has 0 saturated carbocycles. The molecule has 0 fully saturated rings. The van der Waals surface area contributed by atoms with Gasteiger partial charge in [-0.25, -0.2) is 4.99 Å². The molecule has 0 radical (unpaired) electrons. The van der Waals surface area contributed by atoms with Crippen molar-refractivity contribution in [2.24, 2.45) is 10.7 Å². The van der Waals surface area contributed by atoms with Crippen LogP contribution in [0, 0.1) is 0 Å². The highest BCUT2D eigenvalue weighted by Crippen LogP contribution is 2.24. The molecule has 2 aromatic carbocycles.